The van der Waals surface area contributed by atoms with Crippen LogP contribution in [0.1, 0.15) is 5.56 Å². The van der Waals surface area contributed by atoms with E-state index in [9.17, 15) is 30.7 Å². The van der Waals surface area contributed by atoms with Crippen LogP contribution in [0.4, 0.5) is 36.4 Å². The highest BCUT2D eigenvalue weighted by Gasteiger charge is 2.73. The summed E-state index contributed by atoms with van der Waals surface area (Å²) in [5.74, 6) is 0. The second-order valence-electron chi connectivity index (χ2n) is 3.51. The van der Waals surface area contributed by atoms with Crippen molar-refractivity contribution in [3.8, 4) is 0 Å². The maximum absolute atomic E-state index is 13.6. The number of anilines is 1. The second-order valence-corrected chi connectivity index (χ2v) is 4.32. The number of hydrogen-bond acceptors (Lipinski definition) is 2. The van der Waals surface area contributed by atoms with Crippen LogP contribution in [0.5, 0.6) is 0 Å². The van der Waals surface area contributed by atoms with Gasteiger partial charge in [-0.25, -0.2) is 4.39 Å². The first-order valence-electron chi connectivity index (χ1n) is 4.97. The zero-order valence-corrected chi connectivity index (χ0v) is 11.7. The standard InChI is InChI=1S/C9H4Cl2F7N.CH5N/c10-4-1-3(2-5(11)6(4)19)7(12,8(13,14)15)9(16,17)18;1-2/h1-2H,19H2;2H2,1H3. The first-order valence-corrected chi connectivity index (χ1v) is 5.73. The Morgan fingerprint density at radius 2 is 1.10 bits per heavy atom. The number of halogens is 9. The van der Waals surface area contributed by atoms with E-state index in [2.05, 4.69) is 5.73 Å². The second kappa shape index (κ2) is 6.45. The topological polar surface area (TPSA) is 52.0 Å². The summed E-state index contributed by atoms with van der Waals surface area (Å²) in [6.07, 6.45) is -12.5. The van der Waals surface area contributed by atoms with E-state index < -0.39 is 39.3 Å². The van der Waals surface area contributed by atoms with Gasteiger partial charge in [0, 0.05) is 5.56 Å². The van der Waals surface area contributed by atoms with Gasteiger partial charge in [-0.1, -0.05) is 23.2 Å². The van der Waals surface area contributed by atoms with Gasteiger partial charge in [0.05, 0.1) is 15.7 Å². The van der Waals surface area contributed by atoms with Crippen LogP contribution in [0.3, 0.4) is 0 Å². The Morgan fingerprint density at radius 3 is 1.33 bits per heavy atom. The lowest BCUT2D eigenvalue weighted by Gasteiger charge is -2.30. The number of benzene rings is 1. The van der Waals surface area contributed by atoms with E-state index in [1.807, 2.05) is 0 Å². The Labute approximate surface area is 124 Å². The number of nitrogen functional groups attached to an aromatic ring is 1. The fourth-order valence-corrected chi connectivity index (χ4v) is 1.76. The molecule has 11 heteroatoms. The molecule has 0 aliphatic carbocycles. The van der Waals surface area contributed by atoms with Crippen LogP contribution in [0.15, 0.2) is 12.1 Å². The van der Waals surface area contributed by atoms with Gasteiger partial charge in [-0.15, -0.1) is 0 Å². The van der Waals surface area contributed by atoms with Gasteiger partial charge in [0.15, 0.2) is 0 Å². The van der Waals surface area contributed by atoms with Crippen molar-refractivity contribution >= 4 is 28.9 Å². The first kappa shape index (κ1) is 20.1. The molecule has 0 unspecified atom stereocenters. The van der Waals surface area contributed by atoms with Crippen LogP contribution in [0, 0.1) is 0 Å². The Balaban J connectivity index is 0.00000191. The van der Waals surface area contributed by atoms with Crippen molar-refractivity contribution < 1.29 is 30.7 Å². The largest absolute Gasteiger partial charge is 0.435 e. The maximum Gasteiger partial charge on any atom is 0.435 e. The average molecular weight is 361 g/mol. The molecule has 0 aliphatic heterocycles. The van der Waals surface area contributed by atoms with E-state index in [1.165, 1.54) is 7.05 Å². The molecule has 0 fully saturated rings. The Kier molecular flexibility index (Phi) is 6.16. The fourth-order valence-electron chi connectivity index (χ4n) is 1.27. The summed E-state index contributed by atoms with van der Waals surface area (Å²) in [5, 5.41) is -1.42. The summed E-state index contributed by atoms with van der Waals surface area (Å²) in [6, 6.07) is 0.285. The molecule has 1 aromatic carbocycles. The smallest absolute Gasteiger partial charge is 0.396 e. The summed E-state index contributed by atoms with van der Waals surface area (Å²) in [7, 11) is 1.50. The van der Waals surface area contributed by atoms with Crippen LogP contribution in [0.2, 0.25) is 10.0 Å². The van der Waals surface area contributed by atoms with Gasteiger partial charge in [0.25, 0.3) is 0 Å². The van der Waals surface area contributed by atoms with Crippen molar-refractivity contribution in [3.63, 3.8) is 0 Å². The molecule has 0 saturated carbocycles. The Morgan fingerprint density at radius 1 is 0.810 bits per heavy atom. The maximum atomic E-state index is 13.6. The molecular formula is C10H9Cl2F7N2. The van der Waals surface area contributed by atoms with Gasteiger partial charge in [-0.2, -0.15) is 26.3 Å². The molecule has 0 bridgehead atoms. The van der Waals surface area contributed by atoms with E-state index >= 15 is 0 Å². The highest BCUT2D eigenvalue weighted by atomic mass is 35.5. The number of alkyl halides is 7. The van der Waals surface area contributed by atoms with Crippen molar-refractivity contribution in [2.75, 3.05) is 12.8 Å². The third kappa shape index (κ3) is 3.64. The molecule has 4 N–H and O–H groups in total. The number of nitrogens with two attached hydrogens (primary N) is 2. The summed E-state index contributed by atoms with van der Waals surface area (Å²) in [5.41, 5.74) is 1.85. The molecule has 0 saturated heterocycles. The molecular weight excluding hydrogens is 352 g/mol. The lowest BCUT2D eigenvalue weighted by Crippen LogP contribution is -2.50. The molecule has 0 atom stereocenters. The Bertz CT molecular complexity index is 462. The monoisotopic (exact) mass is 360 g/mol. The van der Waals surface area contributed by atoms with Gasteiger partial charge in [-0.05, 0) is 19.2 Å². The Hall–Kier alpha value is -0.930. The van der Waals surface area contributed by atoms with E-state index in [4.69, 9.17) is 28.9 Å². The van der Waals surface area contributed by atoms with Crippen molar-refractivity contribution in [3.05, 3.63) is 27.7 Å². The molecule has 1 rings (SSSR count). The fraction of sp³-hybridized carbons (Fsp3) is 0.400. The van der Waals surface area contributed by atoms with E-state index in [0.29, 0.717) is 0 Å². The molecule has 2 nitrogen and oxygen atoms in total. The molecule has 0 aliphatic rings. The third-order valence-corrected chi connectivity index (χ3v) is 2.88. The van der Waals surface area contributed by atoms with Crippen LogP contribution in [-0.4, -0.2) is 19.4 Å². The SMILES string of the molecule is CN.Nc1c(Cl)cc(C(F)(C(F)(F)F)C(F)(F)F)cc1Cl. The summed E-state index contributed by atoms with van der Waals surface area (Å²) in [6.45, 7) is 0. The number of hydrogen-bond donors (Lipinski definition) is 2. The highest BCUT2D eigenvalue weighted by Crippen LogP contribution is 2.54. The predicted octanol–water partition coefficient (Wildman–Crippen LogP) is 4.44. The van der Waals surface area contributed by atoms with Gasteiger partial charge in [0.1, 0.15) is 0 Å². The molecule has 1 aromatic rings. The molecule has 21 heavy (non-hydrogen) atoms. The van der Waals surface area contributed by atoms with Crippen LogP contribution in [-0.2, 0) is 5.67 Å². The molecule has 0 aromatic heterocycles. The molecule has 0 heterocycles. The molecule has 0 spiro atoms. The predicted molar refractivity (Wildman–Crippen MR) is 65.9 cm³/mol. The molecule has 122 valence electrons. The minimum Gasteiger partial charge on any atom is -0.396 e. The highest BCUT2D eigenvalue weighted by molar-refractivity contribution is 6.38. The normalized spacial score (nSPS) is 12.7. The average Bonchev–Trinajstić information content (AvgIpc) is 2.34. The lowest BCUT2D eigenvalue weighted by atomic mass is 9.94. The van der Waals surface area contributed by atoms with Crippen LogP contribution in [0.25, 0.3) is 0 Å². The van der Waals surface area contributed by atoms with Gasteiger partial charge < -0.3 is 11.5 Å². The van der Waals surface area contributed by atoms with Crippen molar-refractivity contribution in [1.82, 2.24) is 0 Å². The van der Waals surface area contributed by atoms with E-state index in [-0.39, 0.29) is 12.1 Å². The summed E-state index contributed by atoms with van der Waals surface area (Å²) in [4.78, 5) is 0. The molecule has 0 radical (unpaired) electrons. The minimum atomic E-state index is -6.23. The third-order valence-electron chi connectivity index (χ3n) is 2.26. The quantitative estimate of drug-likeness (QED) is 0.574. The van der Waals surface area contributed by atoms with E-state index in [0.717, 1.165) is 0 Å². The number of rotatable bonds is 1. The lowest BCUT2D eigenvalue weighted by molar-refractivity contribution is -0.348. The van der Waals surface area contributed by atoms with Crippen molar-refractivity contribution in [2.24, 2.45) is 5.73 Å². The van der Waals surface area contributed by atoms with Crippen LogP contribution < -0.4 is 11.5 Å². The first-order chi connectivity index (χ1) is 9.32. The van der Waals surface area contributed by atoms with Gasteiger partial charge >= 0.3 is 18.0 Å². The summed E-state index contributed by atoms with van der Waals surface area (Å²) < 4.78 is 88.2. The molecule has 0 amide bonds. The van der Waals surface area contributed by atoms with Gasteiger partial charge in [0.2, 0.25) is 0 Å². The van der Waals surface area contributed by atoms with Crippen molar-refractivity contribution in [2.45, 2.75) is 18.0 Å². The zero-order chi connectivity index (χ0) is 17.2. The zero-order valence-electron chi connectivity index (χ0n) is 10.2. The van der Waals surface area contributed by atoms with E-state index in [1.54, 1.807) is 0 Å². The van der Waals surface area contributed by atoms with Crippen molar-refractivity contribution in [1.29, 1.82) is 0 Å². The van der Waals surface area contributed by atoms with Gasteiger partial charge in [-0.3, -0.25) is 0 Å². The van der Waals surface area contributed by atoms with Crippen LogP contribution >= 0.6 is 23.2 Å². The summed E-state index contributed by atoms with van der Waals surface area (Å²) >= 11 is 10.6. The minimum absolute atomic E-state index is 0.143.